The number of nitrogens with one attached hydrogen (secondary N) is 2. The molecule has 27 heavy (non-hydrogen) atoms. The molecule has 1 saturated carbocycles. The second-order valence-electron chi connectivity index (χ2n) is 8.58. The van der Waals surface area contributed by atoms with Gasteiger partial charge in [0.05, 0.1) is 6.26 Å². The van der Waals surface area contributed by atoms with Crippen molar-refractivity contribution in [2.45, 2.75) is 51.0 Å². The van der Waals surface area contributed by atoms with Crippen molar-refractivity contribution in [2.24, 2.45) is 5.92 Å². The van der Waals surface area contributed by atoms with Crippen molar-refractivity contribution in [3.8, 4) is 0 Å². The highest BCUT2D eigenvalue weighted by Crippen LogP contribution is 2.31. The van der Waals surface area contributed by atoms with Crippen LogP contribution < -0.4 is 10.0 Å². The van der Waals surface area contributed by atoms with E-state index in [1.54, 1.807) is 0 Å². The van der Waals surface area contributed by atoms with E-state index in [0.29, 0.717) is 19.6 Å². The molecule has 1 heterocycles. The summed E-state index contributed by atoms with van der Waals surface area (Å²) in [6.45, 7) is 6.14. The zero-order valence-corrected chi connectivity index (χ0v) is 17.3. The Morgan fingerprint density at radius 2 is 2.00 bits per heavy atom. The highest BCUT2D eigenvalue weighted by atomic mass is 32.2. The molecule has 150 valence electrons. The van der Waals surface area contributed by atoms with E-state index in [1.807, 2.05) is 4.90 Å². The van der Waals surface area contributed by atoms with E-state index < -0.39 is 10.0 Å². The van der Waals surface area contributed by atoms with Crippen molar-refractivity contribution >= 4 is 16.1 Å². The molecule has 2 amide bonds. The van der Waals surface area contributed by atoms with Crippen molar-refractivity contribution in [1.29, 1.82) is 0 Å². The molecule has 0 aromatic heterocycles. The fourth-order valence-electron chi connectivity index (χ4n) is 4.45. The van der Waals surface area contributed by atoms with Crippen molar-refractivity contribution in [2.75, 3.05) is 25.9 Å². The molecular weight excluding hydrogens is 362 g/mol. The third-order valence-corrected chi connectivity index (χ3v) is 6.54. The van der Waals surface area contributed by atoms with Crippen molar-refractivity contribution in [3.05, 3.63) is 35.4 Å². The number of hydrogen-bond donors (Lipinski definition) is 2. The van der Waals surface area contributed by atoms with E-state index in [2.05, 4.69) is 48.2 Å². The Morgan fingerprint density at radius 3 is 2.74 bits per heavy atom. The largest absolute Gasteiger partial charge is 0.335 e. The number of amides is 2. The zero-order chi connectivity index (χ0) is 19.7. The summed E-state index contributed by atoms with van der Waals surface area (Å²) in [5.41, 5.74) is 2.53. The fraction of sp³-hybridized carbons (Fsp3) is 0.650. The summed E-state index contributed by atoms with van der Waals surface area (Å²) in [5, 5.41) is 3.18. The van der Waals surface area contributed by atoms with Crippen LogP contribution in [0, 0.1) is 5.92 Å². The van der Waals surface area contributed by atoms with Gasteiger partial charge in [-0.1, -0.05) is 44.5 Å². The standard InChI is InChI=1S/C20H31N3O3S/c1-20(2)14-23(12-11-15-7-4-5-9-17(15)20)19(24)22-18-10-6-8-16(18)13-21-27(3,25)26/h4-5,7,9,16,18,21H,6,8,10-14H2,1-3H3,(H,22,24). The molecule has 3 rings (SSSR count). The summed E-state index contributed by atoms with van der Waals surface area (Å²) >= 11 is 0. The normalized spacial score (nSPS) is 24.9. The van der Waals surface area contributed by atoms with Crippen LogP contribution in [0.1, 0.15) is 44.2 Å². The number of benzene rings is 1. The van der Waals surface area contributed by atoms with Gasteiger partial charge in [-0.2, -0.15) is 0 Å². The molecule has 0 spiro atoms. The molecule has 2 N–H and O–H groups in total. The van der Waals surface area contributed by atoms with E-state index in [1.165, 1.54) is 17.4 Å². The highest BCUT2D eigenvalue weighted by molar-refractivity contribution is 7.88. The summed E-state index contributed by atoms with van der Waals surface area (Å²) < 4.78 is 25.3. The molecule has 6 nitrogen and oxygen atoms in total. The lowest BCUT2D eigenvalue weighted by Gasteiger charge is -2.32. The van der Waals surface area contributed by atoms with Gasteiger partial charge in [0.25, 0.3) is 0 Å². The fourth-order valence-corrected chi connectivity index (χ4v) is 4.96. The van der Waals surface area contributed by atoms with E-state index in [9.17, 15) is 13.2 Å². The number of carbonyl (C=O) groups is 1. The van der Waals surface area contributed by atoms with Crippen LogP contribution in [0.4, 0.5) is 4.79 Å². The number of nitrogens with zero attached hydrogens (tertiary/aromatic N) is 1. The van der Waals surface area contributed by atoms with Gasteiger partial charge in [0.2, 0.25) is 10.0 Å². The molecular formula is C20H31N3O3S. The van der Waals surface area contributed by atoms with Gasteiger partial charge in [0, 0.05) is 31.1 Å². The van der Waals surface area contributed by atoms with Crippen LogP contribution in [0.5, 0.6) is 0 Å². The summed E-state index contributed by atoms with van der Waals surface area (Å²) in [7, 11) is -3.21. The SMILES string of the molecule is CC1(C)CN(C(=O)NC2CCCC2CNS(C)(=O)=O)CCc2ccccc21. The lowest BCUT2D eigenvalue weighted by molar-refractivity contribution is 0.182. The van der Waals surface area contributed by atoms with Gasteiger partial charge in [-0.3, -0.25) is 0 Å². The summed E-state index contributed by atoms with van der Waals surface area (Å²) in [5.74, 6) is 0.154. The predicted octanol–water partition coefficient (Wildman–Crippen LogP) is 2.25. The lowest BCUT2D eigenvalue weighted by atomic mass is 9.82. The van der Waals surface area contributed by atoms with Crippen LogP contribution in [0.15, 0.2) is 24.3 Å². The number of rotatable bonds is 4. The maximum absolute atomic E-state index is 13.0. The highest BCUT2D eigenvalue weighted by Gasteiger charge is 2.34. The predicted molar refractivity (Wildman–Crippen MR) is 107 cm³/mol. The Bertz CT molecular complexity index is 791. The molecule has 2 unspecified atom stereocenters. The van der Waals surface area contributed by atoms with Gasteiger partial charge in [-0.05, 0) is 36.3 Å². The summed E-state index contributed by atoms with van der Waals surface area (Å²) in [6.07, 6.45) is 4.88. The van der Waals surface area contributed by atoms with Crippen molar-refractivity contribution < 1.29 is 13.2 Å². The Labute approximate surface area is 162 Å². The van der Waals surface area contributed by atoms with Gasteiger partial charge in [0.15, 0.2) is 0 Å². The van der Waals surface area contributed by atoms with Crippen molar-refractivity contribution in [3.63, 3.8) is 0 Å². The first-order valence-electron chi connectivity index (χ1n) is 9.74. The molecule has 0 radical (unpaired) electrons. The number of fused-ring (bicyclic) bond motifs is 1. The first-order chi connectivity index (χ1) is 12.7. The Kier molecular flexibility index (Phi) is 5.82. The maximum Gasteiger partial charge on any atom is 0.317 e. The van der Waals surface area contributed by atoms with E-state index in [0.717, 1.165) is 25.7 Å². The molecule has 1 aromatic carbocycles. The smallest absolute Gasteiger partial charge is 0.317 e. The average Bonchev–Trinajstić information content (AvgIpc) is 2.97. The van der Waals surface area contributed by atoms with Crippen molar-refractivity contribution in [1.82, 2.24) is 14.9 Å². The van der Waals surface area contributed by atoms with Gasteiger partial charge in [-0.15, -0.1) is 0 Å². The Balaban J connectivity index is 1.64. The molecule has 2 aliphatic rings. The van der Waals surface area contributed by atoms with Gasteiger partial charge < -0.3 is 10.2 Å². The molecule has 2 atom stereocenters. The van der Waals surface area contributed by atoms with E-state index in [4.69, 9.17) is 0 Å². The molecule has 7 heteroatoms. The van der Waals surface area contributed by atoms with Crippen LogP contribution in [0.3, 0.4) is 0 Å². The first-order valence-corrected chi connectivity index (χ1v) is 11.6. The number of urea groups is 1. The number of carbonyl (C=O) groups excluding carboxylic acids is 1. The zero-order valence-electron chi connectivity index (χ0n) is 16.5. The Hall–Kier alpha value is -1.60. The van der Waals surface area contributed by atoms with Crippen LogP contribution in [0.25, 0.3) is 0 Å². The van der Waals surface area contributed by atoms with Crippen LogP contribution >= 0.6 is 0 Å². The van der Waals surface area contributed by atoms with Crippen LogP contribution in [-0.4, -0.2) is 51.3 Å². The quantitative estimate of drug-likeness (QED) is 0.824. The molecule has 0 bridgehead atoms. The van der Waals surface area contributed by atoms with Gasteiger partial charge in [-0.25, -0.2) is 17.9 Å². The third-order valence-electron chi connectivity index (χ3n) is 5.85. The van der Waals surface area contributed by atoms with E-state index in [-0.39, 0.29) is 23.4 Å². The third kappa shape index (κ3) is 5.02. The van der Waals surface area contributed by atoms with Gasteiger partial charge in [0.1, 0.15) is 0 Å². The molecule has 1 aromatic rings. The molecule has 1 aliphatic heterocycles. The molecule has 1 fully saturated rings. The second kappa shape index (κ2) is 7.80. The summed E-state index contributed by atoms with van der Waals surface area (Å²) in [6, 6.07) is 8.44. The van der Waals surface area contributed by atoms with Crippen LogP contribution in [-0.2, 0) is 21.9 Å². The molecule has 1 aliphatic carbocycles. The van der Waals surface area contributed by atoms with Gasteiger partial charge >= 0.3 is 6.03 Å². The monoisotopic (exact) mass is 393 g/mol. The minimum atomic E-state index is -3.21. The number of hydrogen-bond acceptors (Lipinski definition) is 3. The lowest BCUT2D eigenvalue weighted by Crippen LogP contribution is -2.50. The first kappa shape index (κ1) is 20.1. The summed E-state index contributed by atoms with van der Waals surface area (Å²) in [4.78, 5) is 14.9. The average molecular weight is 394 g/mol. The topological polar surface area (TPSA) is 78.5 Å². The minimum Gasteiger partial charge on any atom is -0.335 e. The number of sulfonamides is 1. The Morgan fingerprint density at radius 1 is 1.26 bits per heavy atom. The molecule has 0 saturated heterocycles. The maximum atomic E-state index is 13.0. The van der Waals surface area contributed by atoms with Crippen LogP contribution in [0.2, 0.25) is 0 Å². The second-order valence-corrected chi connectivity index (χ2v) is 10.4. The van der Waals surface area contributed by atoms with E-state index >= 15 is 0 Å². The minimum absolute atomic E-state index is 0.0282.